The first-order valence-electron chi connectivity index (χ1n) is 7.87. The number of guanidine groups is 1. The number of aliphatic imine (C=N–C) groups is 1. The largest absolute Gasteiger partial charge is 0.380 e. The monoisotopic (exact) mass is 287 g/mol. The third kappa shape index (κ3) is 10.0. The van der Waals surface area contributed by atoms with Crippen molar-refractivity contribution in [1.82, 2.24) is 10.6 Å². The molecule has 5 heteroatoms. The van der Waals surface area contributed by atoms with E-state index >= 15 is 0 Å². The summed E-state index contributed by atoms with van der Waals surface area (Å²) in [4.78, 5) is 4.57. The maximum absolute atomic E-state index is 5.73. The number of nitrogens with one attached hydrogen (secondary N) is 2. The van der Waals surface area contributed by atoms with Crippen LogP contribution < -0.4 is 10.6 Å². The molecule has 0 bridgehead atoms. The van der Waals surface area contributed by atoms with E-state index < -0.39 is 0 Å². The molecule has 0 spiro atoms. The van der Waals surface area contributed by atoms with Crippen LogP contribution in [0.5, 0.6) is 0 Å². The zero-order valence-corrected chi connectivity index (χ0v) is 13.9. The van der Waals surface area contributed by atoms with Crippen molar-refractivity contribution < 1.29 is 9.47 Å². The number of rotatable bonds is 11. The lowest BCUT2D eigenvalue weighted by molar-refractivity contribution is 0.0266. The summed E-state index contributed by atoms with van der Waals surface area (Å²) in [5.74, 6) is 1.38. The summed E-state index contributed by atoms with van der Waals surface area (Å²) in [5.41, 5.74) is 0. The highest BCUT2D eigenvalue weighted by Crippen LogP contribution is 2.10. The van der Waals surface area contributed by atoms with E-state index in [2.05, 4.69) is 36.4 Å². The Labute approximate surface area is 124 Å². The van der Waals surface area contributed by atoms with E-state index in [1.807, 2.05) is 13.8 Å². The van der Waals surface area contributed by atoms with Crippen LogP contribution in [0.25, 0.3) is 0 Å². The molecule has 0 radical (unpaired) electrons. The predicted octanol–water partition coefficient (Wildman–Crippen LogP) is 2.03. The number of ether oxygens (including phenoxy) is 2. The minimum absolute atomic E-state index is 0.287. The van der Waals surface area contributed by atoms with E-state index in [4.69, 9.17) is 9.47 Å². The Balaban J connectivity index is 4.10. The van der Waals surface area contributed by atoms with Crippen molar-refractivity contribution in [1.29, 1.82) is 0 Å². The molecule has 1 atom stereocenters. The summed E-state index contributed by atoms with van der Waals surface area (Å²) in [6.45, 7) is 15.1. The van der Waals surface area contributed by atoms with Crippen molar-refractivity contribution in [3.05, 3.63) is 0 Å². The lowest BCUT2D eigenvalue weighted by Gasteiger charge is -2.20. The van der Waals surface area contributed by atoms with Crippen LogP contribution in [-0.4, -0.2) is 51.5 Å². The molecule has 5 nitrogen and oxygen atoms in total. The zero-order valence-electron chi connectivity index (χ0n) is 13.9. The Morgan fingerprint density at radius 3 is 2.40 bits per heavy atom. The molecule has 2 N–H and O–H groups in total. The van der Waals surface area contributed by atoms with Crippen LogP contribution in [0.4, 0.5) is 0 Å². The smallest absolute Gasteiger partial charge is 0.191 e. The second kappa shape index (κ2) is 13.2. The van der Waals surface area contributed by atoms with Gasteiger partial charge in [-0.15, -0.1) is 0 Å². The van der Waals surface area contributed by atoms with E-state index in [0.717, 1.165) is 45.2 Å². The van der Waals surface area contributed by atoms with Gasteiger partial charge in [-0.05, 0) is 33.1 Å². The summed E-state index contributed by atoms with van der Waals surface area (Å²) in [6.07, 6.45) is 1.24. The highest BCUT2D eigenvalue weighted by atomic mass is 16.5. The van der Waals surface area contributed by atoms with E-state index in [-0.39, 0.29) is 6.10 Å². The number of hydrogen-bond acceptors (Lipinski definition) is 3. The quantitative estimate of drug-likeness (QED) is 0.347. The molecule has 0 heterocycles. The van der Waals surface area contributed by atoms with Crippen molar-refractivity contribution in [2.24, 2.45) is 10.9 Å². The minimum atomic E-state index is 0.287. The fourth-order valence-corrected chi connectivity index (χ4v) is 1.85. The first kappa shape index (κ1) is 19.2. The molecule has 0 aromatic carbocycles. The van der Waals surface area contributed by atoms with Gasteiger partial charge in [0, 0.05) is 32.8 Å². The van der Waals surface area contributed by atoms with E-state index in [1.165, 1.54) is 0 Å². The maximum atomic E-state index is 5.73. The molecule has 0 aliphatic carbocycles. The maximum Gasteiger partial charge on any atom is 0.191 e. The fourth-order valence-electron chi connectivity index (χ4n) is 1.85. The molecule has 0 aromatic rings. The molecule has 0 aromatic heterocycles. The summed E-state index contributed by atoms with van der Waals surface area (Å²) >= 11 is 0. The Kier molecular flexibility index (Phi) is 12.7. The fraction of sp³-hybridized carbons (Fsp3) is 0.933. The van der Waals surface area contributed by atoms with Gasteiger partial charge in [0.1, 0.15) is 0 Å². The molecule has 0 saturated carbocycles. The van der Waals surface area contributed by atoms with Crippen LogP contribution in [-0.2, 0) is 9.47 Å². The molecule has 0 aliphatic heterocycles. The standard InChI is InChI=1S/C15H33N3O2/c1-6-16-15(18-11-12-19-7-2)17-10-9-14(13(4)5)20-8-3/h13-14H,6-12H2,1-5H3,(H2,16,17,18). The summed E-state index contributed by atoms with van der Waals surface area (Å²) in [5, 5.41) is 6.50. The third-order valence-corrected chi connectivity index (χ3v) is 2.90. The van der Waals surface area contributed by atoms with Gasteiger partial charge < -0.3 is 20.1 Å². The molecular formula is C15H33N3O2. The molecule has 0 rings (SSSR count). The highest BCUT2D eigenvalue weighted by molar-refractivity contribution is 5.79. The van der Waals surface area contributed by atoms with Gasteiger partial charge in [0.15, 0.2) is 5.96 Å². The molecule has 0 saturated heterocycles. The van der Waals surface area contributed by atoms with Gasteiger partial charge in [0.25, 0.3) is 0 Å². The van der Waals surface area contributed by atoms with Crippen LogP contribution in [0, 0.1) is 5.92 Å². The van der Waals surface area contributed by atoms with Gasteiger partial charge in [-0.2, -0.15) is 0 Å². The molecular weight excluding hydrogens is 254 g/mol. The highest BCUT2D eigenvalue weighted by Gasteiger charge is 2.12. The Morgan fingerprint density at radius 2 is 1.85 bits per heavy atom. The number of nitrogens with zero attached hydrogens (tertiary/aromatic N) is 1. The average Bonchev–Trinajstić information content (AvgIpc) is 2.42. The molecule has 0 fully saturated rings. The van der Waals surface area contributed by atoms with Gasteiger partial charge in [0.2, 0.25) is 0 Å². The first-order valence-corrected chi connectivity index (χ1v) is 7.87. The van der Waals surface area contributed by atoms with Crippen molar-refractivity contribution in [3.8, 4) is 0 Å². The van der Waals surface area contributed by atoms with Crippen molar-refractivity contribution in [2.45, 2.75) is 47.1 Å². The molecule has 120 valence electrons. The minimum Gasteiger partial charge on any atom is -0.380 e. The Bertz CT molecular complexity index is 245. The van der Waals surface area contributed by atoms with Gasteiger partial charge in [-0.3, -0.25) is 4.99 Å². The van der Waals surface area contributed by atoms with Crippen molar-refractivity contribution >= 4 is 5.96 Å². The van der Waals surface area contributed by atoms with E-state index in [1.54, 1.807) is 0 Å². The van der Waals surface area contributed by atoms with Crippen LogP contribution in [0.3, 0.4) is 0 Å². The lowest BCUT2D eigenvalue weighted by atomic mass is 10.0. The van der Waals surface area contributed by atoms with Crippen LogP contribution in [0.1, 0.15) is 41.0 Å². The summed E-state index contributed by atoms with van der Waals surface area (Å²) < 4.78 is 11.0. The van der Waals surface area contributed by atoms with Gasteiger partial charge in [0.05, 0.1) is 12.7 Å². The normalized spacial score (nSPS) is 13.6. The molecule has 0 amide bonds. The van der Waals surface area contributed by atoms with Gasteiger partial charge in [-0.1, -0.05) is 13.8 Å². The Hall–Kier alpha value is -0.810. The van der Waals surface area contributed by atoms with E-state index in [9.17, 15) is 0 Å². The van der Waals surface area contributed by atoms with Crippen LogP contribution in [0.2, 0.25) is 0 Å². The average molecular weight is 287 g/mol. The van der Waals surface area contributed by atoms with Gasteiger partial charge >= 0.3 is 0 Å². The second-order valence-corrected chi connectivity index (χ2v) is 4.91. The number of hydrogen-bond donors (Lipinski definition) is 2. The topological polar surface area (TPSA) is 54.9 Å². The SMILES string of the molecule is CCNC(=NCCC(OCC)C(C)C)NCCOCC. The summed E-state index contributed by atoms with van der Waals surface area (Å²) in [6, 6.07) is 0. The lowest BCUT2D eigenvalue weighted by Crippen LogP contribution is -2.39. The molecule has 0 aliphatic rings. The Morgan fingerprint density at radius 1 is 1.10 bits per heavy atom. The van der Waals surface area contributed by atoms with Crippen molar-refractivity contribution in [3.63, 3.8) is 0 Å². The van der Waals surface area contributed by atoms with Crippen LogP contribution >= 0.6 is 0 Å². The first-order chi connectivity index (χ1) is 9.65. The predicted molar refractivity (Wildman–Crippen MR) is 85.3 cm³/mol. The second-order valence-electron chi connectivity index (χ2n) is 4.91. The van der Waals surface area contributed by atoms with Gasteiger partial charge in [-0.25, -0.2) is 0 Å². The third-order valence-electron chi connectivity index (χ3n) is 2.90. The van der Waals surface area contributed by atoms with Crippen molar-refractivity contribution in [2.75, 3.05) is 39.5 Å². The zero-order chi connectivity index (χ0) is 15.2. The molecule has 20 heavy (non-hydrogen) atoms. The van der Waals surface area contributed by atoms with Crippen LogP contribution in [0.15, 0.2) is 4.99 Å². The summed E-state index contributed by atoms with van der Waals surface area (Å²) in [7, 11) is 0. The molecule has 1 unspecified atom stereocenters. The van der Waals surface area contributed by atoms with E-state index in [0.29, 0.717) is 12.5 Å².